The minimum Gasteiger partial charge on any atom is -0.399 e. The molecule has 1 aromatic carbocycles. The van der Waals surface area contributed by atoms with Crippen LogP contribution >= 0.6 is 0 Å². The van der Waals surface area contributed by atoms with Crippen molar-refractivity contribution in [3.63, 3.8) is 0 Å². The number of nitrogens with two attached hydrogens (primary N) is 1. The Bertz CT molecular complexity index is 463. The highest BCUT2D eigenvalue weighted by Gasteiger charge is 2.22. The van der Waals surface area contributed by atoms with Gasteiger partial charge in [0.15, 0.2) is 0 Å². The maximum atomic E-state index is 12.3. The molecule has 3 unspecified atom stereocenters. The molecule has 1 amide bonds. The zero-order valence-corrected chi connectivity index (χ0v) is 12.5. The van der Waals surface area contributed by atoms with Crippen LogP contribution in [0.2, 0.25) is 0 Å². The van der Waals surface area contributed by atoms with Gasteiger partial charge in [-0.05, 0) is 38.5 Å². The SMILES string of the molecule is CCCC(C)NC(=O)C(C)S(=O)c1cccc(N)c1. The van der Waals surface area contributed by atoms with Gasteiger partial charge in [-0.2, -0.15) is 0 Å². The van der Waals surface area contributed by atoms with E-state index >= 15 is 0 Å². The Morgan fingerprint density at radius 2 is 2.11 bits per heavy atom. The van der Waals surface area contributed by atoms with E-state index in [1.165, 1.54) is 0 Å². The van der Waals surface area contributed by atoms with Crippen LogP contribution in [0.25, 0.3) is 0 Å². The summed E-state index contributed by atoms with van der Waals surface area (Å²) in [7, 11) is -1.38. The van der Waals surface area contributed by atoms with E-state index in [0.29, 0.717) is 10.6 Å². The fourth-order valence-corrected chi connectivity index (χ4v) is 2.94. The van der Waals surface area contributed by atoms with Crippen LogP contribution in [0.4, 0.5) is 5.69 Å². The predicted molar refractivity (Wildman–Crippen MR) is 79.2 cm³/mol. The molecule has 0 saturated heterocycles. The Balaban J connectivity index is 2.69. The molecule has 0 bridgehead atoms. The van der Waals surface area contributed by atoms with E-state index in [-0.39, 0.29) is 11.9 Å². The van der Waals surface area contributed by atoms with Gasteiger partial charge in [-0.3, -0.25) is 9.00 Å². The van der Waals surface area contributed by atoms with Crippen LogP contribution in [0.1, 0.15) is 33.6 Å². The van der Waals surface area contributed by atoms with Crippen molar-refractivity contribution in [1.82, 2.24) is 5.32 Å². The summed E-state index contributed by atoms with van der Waals surface area (Å²) in [6.07, 6.45) is 1.93. The molecule has 3 atom stereocenters. The van der Waals surface area contributed by atoms with Crippen LogP contribution in [0.5, 0.6) is 0 Å². The largest absolute Gasteiger partial charge is 0.399 e. The maximum absolute atomic E-state index is 12.3. The first kappa shape index (κ1) is 15.7. The molecule has 4 nitrogen and oxygen atoms in total. The number of amides is 1. The van der Waals surface area contributed by atoms with Gasteiger partial charge >= 0.3 is 0 Å². The van der Waals surface area contributed by atoms with Gasteiger partial charge in [-0.15, -0.1) is 0 Å². The van der Waals surface area contributed by atoms with Crippen molar-refractivity contribution in [2.75, 3.05) is 5.73 Å². The lowest BCUT2D eigenvalue weighted by Crippen LogP contribution is -2.40. The molecule has 0 saturated carbocycles. The number of rotatable bonds is 6. The topological polar surface area (TPSA) is 72.2 Å². The van der Waals surface area contributed by atoms with Gasteiger partial charge in [0.2, 0.25) is 5.91 Å². The predicted octanol–water partition coefficient (Wildman–Crippen LogP) is 2.07. The van der Waals surface area contributed by atoms with Gasteiger partial charge < -0.3 is 11.1 Å². The molecule has 3 N–H and O–H groups in total. The van der Waals surface area contributed by atoms with Crippen LogP contribution in [0.15, 0.2) is 29.2 Å². The summed E-state index contributed by atoms with van der Waals surface area (Å²) in [4.78, 5) is 12.6. The lowest BCUT2D eigenvalue weighted by molar-refractivity contribution is -0.121. The lowest BCUT2D eigenvalue weighted by atomic mass is 10.2. The Hall–Kier alpha value is -1.36. The van der Waals surface area contributed by atoms with Gasteiger partial charge in [0.05, 0.1) is 10.8 Å². The zero-order chi connectivity index (χ0) is 14.4. The number of carbonyl (C=O) groups excluding carboxylic acids is 1. The van der Waals surface area contributed by atoms with Gasteiger partial charge in [0, 0.05) is 16.6 Å². The molecule has 0 spiro atoms. The van der Waals surface area contributed by atoms with E-state index in [2.05, 4.69) is 12.2 Å². The smallest absolute Gasteiger partial charge is 0.236 e. The number of nitrogens with one attached hydrogen (secondary N) is 1. The fourth-order valence-electron chi connectivity index (χ4n) is 1.81. The number of carbonyl (C=O) groups is 1. The van der Waals surface area contributed by atoms with Crippen LogP contribution in [0, 0.1) is 0 Å². The second-order valence-electron chi connectivity index (χ2n) is 4.71. The van der Waals surface area contributed by atoms with Crippen molar-refractivity contribution >= 4 is 22.4 Å². The molecule has 1 rings (SSSR count). The summed E-state index contributed by atoms with van der Waals surface area (Å²) >= 11 is 0. The third kappa shape index (κ3) is 4.67. The summed E-state index contributed by atoms with van der Waals surface area (Å²) in [5, 5.41) is 2.30. The molecule has 106 valence electrons. The van der Waals surface area contributed by atoms with Crippen molar-refractivity contribution in [2.45, 2.75) is 49.8 Å². The van der Waals surface area contributed by atoms with E-state index in [0.717, 1.165) is 12.8 Å². The Labute approximate surface area is 117 Å². The quantitative estimate of drug-likeness (QED) is 0.785. The number of hydrogen-bond donors (Lipinski definition) is 2. The second-order valence-corrected chi connectivity index (χ2v) is 6.48. The average Bonchev–Trinajstić information content (AvgIpc) is 2.37. The van der Waals surface area contributed by atoms with Gasteiger partial charge in [-0.1, -0.05) is 19.4 Å². The minimum atomic E-state index is -1.38. The molecular weight excluding hydrogens is 260 g/mol. The van der Waals surface area contributed by atoms with Crippen molar-refractivity contribution in [3.05, 3.63) is 24.3 Å². The maximum Gasteiger partial charge on any atom is 0.236 e. The third-order valence-electron chi connectivity index (χ3n) is 2.89. The first-order valence-electron chi connectivity index (χ1n) is 6.52. The van der Waals surface area contributed by atoms with Crippen LogP contribution in [-0.2, 0) is 15.6 Å². The Morgan fingerprint density at radius 3 is 2.68 bits per heavy atom. The van der Waals surface area contributed by atoms with Crippen LogP contribution in [0.3, 0.4) is 0 Å². The normalized spacial score (nSPS) is 15.5. The van der Waals surface area contributed by atoms with Crippen molar-refractivity contribution < 1.29 is 9.00 Å². The fraction of sp³-hybridized carbons (Fsp3) is 0.500. The van der Waals surface area contributed by atoms with E-state index in [1.807, 2.05) is 6.92 Å². The minimum absolute atomic E-state index is 0.109. The first-order valence-corrected chi connectivity index (χ1v) is 7.73. The molecule has 19 heavy (non-hydrogen) atoms. The molecule has 0 aliphatic carbocycles. The molecule has 0 aliphatic heterocycles. The molecule has 0 heterocycles. The second kappa shape index (κ2) is 7.28. The number of anilines is 1. The van der Waals surface area contributed by atoms with Crippen molar-refractivity contribution in [2.24, 2.45) is 0 Å². The Morgan fingerprint density at radius 1 is 1.42 bits per heavy atom. The van der Waals surface area contributed by atoms with Gasteiger partial charge in [0.1, 0.15) is 5.25 Å². The highest BCUT2D eigenvalue weighted by molar-refractivity contribution is 7.86. The van der Waals surface area contributed by atoms with E-state index < -0.39 is 16.0 Å². The molecule has 0 aliphatic rings. The summed E-state index contributed by atoms with van der Waals surface area (Å²) in [6, 6.07) is 6.96. The molecule has 0 radical (unpaired) electrons. The number of hydrogen-bond acceptors (Lipinski definition) is 3. The highest BCUT2D eigenvalue weighted by atomic mass is 32.2. The highest BCUT2D eigenvalue weighted by Crippen LogP contribution is 2.15. The molecule has 5 heteroatoms. The standard InChI is InChI=1S/C14H22N2O2S/c1-4-6-10(2)16-14(17)11(3)19(18)13-8-5-7-12(15)9-13/h5,7-11H,4,6,15H2,1-3H3,(H,16,17). The van der Waals surface area contributed by atoms with Gasteiger partial charge in [0.25, 0.3) is 0 Å². The molecule has 0 aromatic heterocycles. The summed E-state index contributed by atoms with van der Waals surface area (Å²) in [5.74, 6) is -0.179. The van der Waals surface area contributed by atoms with Gasteiger partial charge in [-0.25, -0.2) is 0 Å². The Kier molecular flexibility index (Phi) is 6.02. The van der Waals surface area contributed by atoms with Crippen LogP contribution < -0.4 is 11.1 Å². The summed E-state index contributed by atoms with van der Waals surface area (Å²) in [5.41, 5.74) is 6.21. The summed E-state index contributed by atoms with van der Waals surface area (Å²) in [6.45, 7) is 5.70. The van der Waals surface area contributed by atoms with Crippen molar-refractivity contribution in [1.29, 1.82) is 0 Å². The summed E-state index contributed by atoms with van der Waals surface area (Å²) < 4.78 is 12.3. The van der Waals surface area contributed by atoms with E-state index in [9.17, 15) is 9.00 Å². The molecule has 0 fully saturated rings. The van der Waals surface area contributed by atoms with Crippen molar-refractivity contribution in [3.8, 4) is 0 Å². The monoisotopic (exact) mass is 282 g/mol. The third-order valence-corrected chi connectivity index (χ3v) is 4.47. The first-order chi connectivity index (χ1) is 8.95. The lowest BCUT2D eigenvalue weighted by Gasteiger charge is -2.17. The van der Waals surface area contributed by atoms with Crippen LogP contribution in [-0.4, -0.2) is 21.4 Å². The number of benzene rings is 1. The molecule has 1 aromatic rings. The number of nitrogen functional groups attached to an aromatic ring is 1. The zero-order valence-electron chi connectivity index (χ0n) is 11.7. The molecular formula is C14H22N2O2S. The van der Waals surface area contributed by atoms with E-state index in [1.54, 1.807) is 31.2 Å². The van der Waals surface area contributed by atoms with E-state index in [4.69, 9.17) is 5.73 Å². The average molecular weight is 282 g/mol.